The van der Waals surface area contributed by atoms with Crippen molar-refractivity contribution in [2.45, 2.75) is 26.3 Å². The molecule has 0 spiro atoms. The Morgan fingerprint density at radius 2 is 1.77 bits per heavy atom. The molecule has 0 atom stereocenters. The summed E-state index contributed by atoms with van der Waals surface area (Å²) in [6.07, 6.45) is 3.08. The third kappa shape index (κ3) is 4.80. The Morgan fingerprint density at radius 3 is 2.58 bits per heavy atom. The van der Waals surface area contributed by atoms with E-state index in [4.69, 9.17) is 0 Å². The minimum Gasteiger partial charge on any atom is -0.348 e. The molecule has 1 aromatic heterocycles. The highest BCUT2D eigenvalue weighted by Crippen LogP contribution is 2.18. The van der Waals surface area contributed by atoms with Crippen LogP contribution in [0.3, 0.4) is 0 Å². The highest BCUT2D eigenvalue weighted by Gasteiger charge is 2.08. The maximum absolute atomic E-state index is 12.6. The van der Waals surface area contributed by atoms with E-state index in [-0.39, 0.29) is 11.8 Å². The number of benzene rings is 3. The van der Waals surface area contributed by atoms with E-state index in [1.165, 1.54) is 0 Å². The van der Waals surface area contributed by atoms with E-state index in [9.17, 15) is 9.59 Å². The minimum absolute atomic E-state index is 0.00514. The number of imidazole rings is 1. The molecule has 0 unspecified atom stereocenters. The Balaban J connectivity index is 1.40. The lowest BCUT2D eigenvalue weighted by Gasteiger charge is -2.09. The molecule has 6 nitrogen and oxygen atoms in total. The molecule has 31 heavy (non-hydrogen) atoms. The zero-order chi connectivity index (χ0) is 21.6. The zero-order valence-corrected chi connectivity index (χ0v) is 17.3. The van der Waals surface area contributed by atoms with Crippen LogP contribution in [0, 0.1) is 0 Å². The number of hydrogen-bond donors (Lipinski definition) is 2. The molecule has 0 aliphatic carbocycles. The van der Waals surface area contributed by atoms with Crippen LogP contribution in [-0.4, -0.2) is 21.4 Å². The van der Waals surface area contributed by atoms with Gasteiger partial charge in [0, 0.05) is 29.9 Å². The standard InChI is InChI=1S/C25H24N4O2/c1-2-6-24(30)28-20-8-5-7-18(15-20)16-26-25(31)19-11-13-21(14-12-19)29-17-27-22-9-3-4-10-23(22)29/h3-5,7-15,17H,2,6,16H2,1H3,(H,26,31)(H,28,30). The van der Waals surface area contributed by atoms with Crippen LogP contribution in [0.5, 0.6) is 0 Å². The fraction of sp³-hybridized carbons (Fsp3) is 0.160. The van der Waals surface area contributed by atoms with Crippen molar-refractivity contribution in [3.05, 3.63) is 90.3 Å². The molecule has 3 aromatic carbocycles. The van der Waals surface area contributed by atoms with Crippen molar-refractivity contribution in [1.82, 2.24) is 14.9 Å². The number of amides is 2. The highest BCUT2D eigenvalue weighted by molar-refractivity contribution is 5.94. The number of para-hydroxylation sites is 2. The summed E-state index contributed by atoms with van der Waals surface area (Å²) in [5.74, 6) is -0.156. The first-order chi connectivity index (χ1) is 15.1. The van der Waals surface area contributed by atoms with Crippen molar-refractivity contribution in [2.75, 3.05) is 5.32 Å². The van der Waals surface area contributed by atoms with E-state index >= 15 is 0 Å². The third-order valence-electron chi connectivity index (χ3n) is 5.00. The molecule has 4 rings (SSSR count). The van der Waals surface area contributed by atoms with E-state index in [0.29, 0.717) is 18.5 Å². The zero-order valence-electron chi connectivity index (χ0n) is 17.3. The topological polar surface area (TPSA) is 76.0 Å². The molecule has 0 bridgehead atoms. The van der Waals surface area contributed by atoms with Gasteiger partial charge in [-0.15, -0.1) is 0 Å². The third-order valence-corrected chi connectivity index (χ3v) is 5.00. The van der Waals surface area contributed by atoms with E-state index in [2.05, 4.69) is 15.6 Å². The van der Waals surface area contributed by atoms with Crippen LogP contribution in [0.4, 0.5) is 5.69 Å². The number of rotatable bonds is 7. The van der Waals surface area contributed by atoms with E-state index in [0.717, 1.165) is 34.4 Å². The normalized spacial score (nSPS) is 10.7. The number of carbonyl (C=O) groups is 2. The second kappa shape index (κ2) is 9.26. The number of nitrogens with one attached hydrogen (secondary N) is 2. The summed E-state index contributed by atoms with van der Waals surface area (Å²) in [6, 6.07) is 22.9. The van der Waals surface area contributed by atoms with Crippen LogP contribution in [0.2, 0.25) is 0 Å². The number of anilines is 1. The predicted octanol–water partition coefficient (Wildman–Crippen LogP) is 4.69. The largest absolute Gasteiger partial charge is 0.348 e. The van der Waals surface area contributed by atoms with Gasteiger partial charge in [-0.1, -0.05) is 31.2 Å². The first kappa shape index (κ1) is 20.3. The molecule has 1 heterocycles. The second-order valence-electron chi connectivity index (χ2n) is 7.33. The van der Waals surface area contributed by atoms with Crippen LogP contribution in [0.1, 0.15) is 35.7 Å². The van der Waals surface area contributed by atoms with Gasteiger partial charge in [-0.05, 0) is 60.5 Å². The Morgan fingerprint density at radius 1 is 0.968 bits per heavy atom. The number of fused-ring (bicyclic) bond motifs is 1. The summed E-state index contributed by atoms with van der Waals surface area (Å²) < 4.78 is 2.00. The Hall–Kier alpha value is -3.93. The molecule has 0 radical (unpaired) electrons. The summed E-state index contributed by atoms with van der Waals surface area (Å²) in [6.45, 7) is 2.35. The maximum Gasteiger partial charge on any atom is 0.251 e. The molecule has 4 aromatic rings. The minimum atomic E-state index is -0.150. The van der Waals surface area contributed by atoms with Crippen LogP contribution in [0.15, 0.2) is 79.1 Å². The summed E-state index contributed by atoms with van der Waals surface area (Å²) in [5.41, 5.74) is 5.13. The number of nitrogens with zero attached hydrogens (tertiary/aromatic N) is 2. The van der Waals surface area contributed by atoms with Gasteiger partial charge in [0.25, 0.3) is 5.91 Å². The van der Waals surface area contributed by atoms with Crippen molar-refractivity contribution >= 4 is 28.5 Å². The fourth-order valence-corrected chi connectivity index (χ4v) is 3.43. The van der Waals surface area contributed by atoms with Gasteiger partial charge in [0.05, 0.1) is 11.0 Å². The maximum atomic E-state index is 12.6. The van der Waals surface area contributed by atoms with Crippen LogP contribution >= 0.6 is 0 Å². The van der Waals surface area contributed by atoms with Crippen LogP contribution < -0.4 is 10.6 Å². The molecular formula is C25H24N4O2. The van der Waals surface area contributed by atoms with Crippen molar-refractivity contribution in [3.63, 3.8) is 0 Å². The molecule has 0 saturated heterocycles. The Bertz CT molecular complexity index is 1210. The average molecular weight is 412 g/mol. The monoisotopic (exact) mass is 412 g/mol. The Labute approximate surface area is 180 Å². The lowest BCUT2D eigenvalue weighted by Crippen LogP contribution is -2.22. The van der Waals surface area contributed by atoms with Gasteiger partial charge in [-0.3, -0.25) is 14.2 Å². The number of hydrogen-bond acceptors (Lipinski definition) is 3. The van der Waals surface area contributed by atoms with Gasteiger partial charge in [-0.25, -0.2) is 4.98 Å². The summed E-state index contributed by atoms with van der Waals surface area (Å²) >= 11 is 0. The van der Waals surface area contributed by atoms with E-state index in [1.807, 2.05) is 72.2 Å². The molecular weight excluding hydrogens is 388 g/mol. The van der Waals surface area contributed by atoms with Gasteiger partial charge >= 0.3 is 0 Å². The second-order valence-corrected chi connectivity index (χ2v) is 7.33. The Kier molecular flexibility index (Phi) is 6.08. The molecule has 6 heteroatoms. The van der Waals surface area contributed by atoms with Crippen LogP contribution in [0.25, 0.3) is 16.7 Å². The van der Waals surface area contributed by atoms with Crippen molar-refractivity contribution in [2.24, 2.45) is 0 Å². The number of aromatic nitrogens is 2. The van der Waals surface area contributed by atoms with Gasteiger partial charge in [0.1, 0.15) is 6.33 Å². The molecule has 0 fully saturated rings. The average Bonchev–Trinajstić information content (AvgIpc) is 3.22. The van der Waals surface area contributed by atoms with E-state index < -0.39 is 0 Å². The van der Waals surface area contributed by atoms with E-state index in [1.54, 1.807) is 18.5 Å². The number of carbonyl (C=O) groups excluding carboxylic acids is 2. The van der Waals surface area contributed by atoms with Gasteiger partial charge in [0.15, 0.2) is 0 Å². The van der Waals surface area contributed by atoms with Gasteiger partial charge < -0.3 is 10.6 Å². The van der Waals surface area contributed by atoms with Gasteiger partial charge in [-0.2, -0.15) is 0 Å². The molecule has 0 aliphatic rings. The SMILES string of the molecule is CCCC(=O)Nc1cccc(CNC(=O)c2ccc(-n3cnc4ccccc43)cc2)c1. The molecule has 156 valence electrons. The van der Waals surface area contributed by atoms with Crippen LogP contribution in [-0.2, 0) is 11.3 Å². The summed E-state index contributed by atoms with van der Waals surface area (Å²) in [5, 5.41) is 5.81. The van der Waals surface area contributed by atoms with Gasteiger partial charge in [0.2, 0.25) is 5.91 Å². The predicted molar refractivity (Wildman–Crippen MR) is 122 cm³/mol. The van der Waals surface area contributed by atoms with Crippen molar-refractivity contribution < 1.29 is 9.59 Å². The highest BCUT2D eigenvalue weighted by atomic mass is 16.2. The molecule has 0 saturated carbocycles. The summed E-state index contributed by atoms with van der Waals surface area (Å²) in [4.78, 5) is 28.8. The smallest absolute Gasteiger partial charge is 0.251 e. The lowest BCUT2D eigenvalue weighted by atomic mass is 10.1. The quantitative estimate of drug-likeness (QED) is 0.462. The molecule has 2 amide bonds. The summed E-state index contributed by atoms with van der Waals surface area (Å²) in [7, 11) is 0. The van der Waals surface area contributed by atoms with Crippen molar-refractivity contribution in [1.29, 1.82) is 0 Å². The van der Waals surface area contributed by atoms with Crippen molar-refractivity contribution in [3.8, 4) is 5.69 Å². The molecule has 2 N–H and O–H groups in total. The molecule has 0 aliphatic heterocycles. The fourth-order valence-electron chi connectivity index (χ4n) is 3.43. The first-order valence-corrected chi connectivity index (χ1v) is 10.3. The first-order valence-electron chi connectivity index (χ1n) is 10.3. The lowest BCUT2D eigenvalue weighted by molar-refractivity contribution is -0.116.